The monoisotopic (exact) mass is 211 g/mol. The summed E-state index contributed by atoms with van der Waals surface area (Å²) in [5, 5.41) is 8.20. The molecule has 0 saturated heterocycles. The number of carbonyl (C=O) groups excluding carboxylic acids is 1. The lowest BCUT2D eigenvalue weighted by Crippen LogP contribution is -2.26. The molecule has 1 N–H and O–H groups in total. The molecule has 1 unspecified atom stereocenters. The minimum Gasteiger partial charge on any atom is -0.481 e. The molecular weight excluding hydrogens is 203 g/mol. The molecule has 0 spiro atoms. The molecule has 0 aromatic rings. The molecule has 0 aliphatic carbocycles. The number of carboxylic acids is 1. The summed E-state index contributed by atoms with van der Waals surface area (Å²) < 4.78 is 36.3. The highest BCUT2D eigenvalue weighted by molar-refractivity contribution is 5.67. The molecule has 0 amide bonds. The minimum absolute atomic E-state index is 0.360. The van der Waals surface area contributed by atoms with Crippen LogP contribution in [0.1, 0.15) is 12.8 Å². The van der Waals surface area contributed by atoms with Crippen LogP contribution in [0.25, 0.3) is 0 Å². The smallest absolute Gasteiger partial charge is 0.392 e. The van der Waals surface area contributed by atoms with Crippen molar-refractivity contribution in [1.29, 1.82) is 0 Å². The van der Waals surface area contributed by atoms with Crippen LogP contribution in [0.4, 0.5) is 13.2 Å². The molecule has 7 heteroatoms. The summed E-state index contributed by atoms with van der Waals surface area (Å²) in [5.74, 6) is -3.49. The van der Waals surface area contributed by atoms with E-state index in [-0.39, 0.29) is 6.54 Å². The van der Waals surface area contributed by atoms with Gasteiger partial charge in [-0.05, 0) is 6.42 Å². The molecule has 4 nitrogen and oxygen atoms in total. The maximum atomic E-state index is 12.1. The molecule has 0 aromatic carbocycles. The molecule has 0 saturated carbocycles. The summed E-state index contributed by atoms with van der Waals surface area (Å²) in [6.07, 6.45) is -5.00. The van der Waals surface area contributed by atoms with Gasteiger partial charge in [-0.2, -0.15) is 13.2 Å². The molecule has 80 valence electrons. The Morgan fingerprint density at radius 1 is 1.50 bits per heavy atom. The molecular formula is C7H8F3NO3. The van der Waals surface area contributed by atoms with Gasteiger partial charge < -0.3 is 5.11 Å². The fraction of sp³-hybridized carbons (Fsp3) is 0.714. The van der Waals surface area contributed by atoms with Crippen molar-refractivity contribution in [2.75, 3.05) is 6.54 Å². The van der Waals surface area contributed by atoms with E-state index in [2.05, 4.69) is 4.99 Å². The fourth-order valence-electron chi connectivity index (χ4n) is 0.858. The van der Waals surface area contributed by atoms with Crippen LogP contribution in [0.5, 0.6) is 0 Å². The van der Waals surface area contributed by atoms with Crippen molar-refractivity contribution < 1.29 is 27.9 Å². The minimum atomic E-state index is -4.57. The zero-order valence-corrected chi connectivity index (χ0v) is 7.04. The van der Waals surface area contributed by atoms with Gasteiger partial charge in [-0.15, -0.1) is 0 Å². The van der Waals surface area contributed by atoms with Crippen molar-refractivity contribution in [3.63, 3.8) is 0 Å². The Morgan fingerprint density at radius 2 is 2.07 bits per heavy atom. The summed E-state index contributed by atoms with van der Waals surface area (Å²) in [4.78, 5) is 22.6. The molecule has 0 aromatic heterocycles. The fourth-order valence-corrected chi connectivity index (χ4v) is 0.858. The van der Waals surface area contributed by atoms with Crippen LogP contribution in [-0.2, 0) is 9.59 Å². The van der Waals surface area contributed by atoms with Crippen LogP contribution >= 0.6 is 0 Å². The van der Waals surface area contributed by atoms with Crippen molar-refractivity contribution in [1.82, 2.24) is 0 Å². The maximum Gasteiger partial charge on any atom is 0.392 e. The summed E-state index contributed by atoms with van der Waals surface area (Å²) in [5.41, 5.74) is 0. The third-order valence-corrected chi connectivity index (χ3v) is 1.54. The van der Waals surface area contributed by atoms with E-state index in [9.17, 15) is 22.8 Å². The van der Waals surface area contributed by atoms with E-state index in [1.54, 1.807) is 0 Å². The van der Waals surface area contributed by atoms with Crippen LogP contribution in [0.15, 0.2) is 4.99 Å². The van der Waals surface area contributed by atoms with Gasteiger partial charge in [0.2, 0.25) is 6.08 Å². The first-order valence-corrected chi connectivity index (χ1v) is 3.70. The van der Waals surface area contributed by atoms with Crippen molar-refractivity contribution in [3.8, 4) is 0 Å². The lowest BCUT2D eigenvalue weighted by Gasteiger charge is -2.16. The number of rotatable bonds is 5. The second-order valence-electron chi connectivity index (χ2n) is 2.60. The van der Waals surface area contributed by atoms with Gasteiger partial charge in [0.15, 0.2) is 0 Å². The Morgan fingerprint density at radius 3 is 2.43 bits per heavy atom. The zero-order chi connectivity index (χ0) is 11.2. The predicted octanol–water partition coefficient (Wildman–Crippen LogP) is 1.37. The van der Waals surface area contributed by atoms with Gasteiger partial charge in [0, 0.05) is 0 Å². The summed E-state index contributed by atoms with van der Waals surface area (Å²) in [7, 11) is 0. The predicted molar refractivity (Wildman–Crippen MR) is 39.4 cm³/mol. The van der Waals surface area contributed by atoms with E-state index < -0.39 is 30.9 Å². The average molecular weight is 211 g/mol. The highest BCUT2D eigenvalue weighted by Crippen LogP contribution is 2.31. The topological polar surface area (TPSA) is 66.7 Å². The van der Waals surface area contributed by atoms with Gasteiger partial charge in [-0.1, -0.05) is 0 Å². The number of aliphatic carboxylic acids is 1. The number of hydrogen-bond acceptors (Lipinski definition) is 3. The van der Waals surface area contributed by atoms with Crippen molar-refractivity contribution in [2.24, 2.45) is 10.9 Å². The number of hydrogen-bond donors (Lipinski definition) is 1. The van der Waals surface area contributed by atoms with E-state index in [0.29, 0.717) is 0 Å². The van der Waals surface area contributed by atoms with E-state index in [4.69, 9.17) is 5.11 Å². The van der Waals surface area contributed by atoms with E-state index in [1.165, 1.54) is 0 Å². The normalized spacial score (nSPS) is 13.1. The summed E-state index contributed by atoms with van der Waals surface area (Å²) >= 11 is 0. The number of alkyl halides is 3. The SMILES string of the molecule is O=C=NCCC(CC(=O)O)C(F)(F)F. The third-order valence-electron chi connectivity index (χ3n) is 1.54. The molecule has 0 radical (unpaired) electrons. The lowest BCUT2D eigenvalue weighted by molar-refractivity contribution is -0.183. The quantitative estimate of drug-likeness (QED) is 0.551. The lowest BCUT2D eigenvalue weighted by atomic mass is 10.0. The number of halogens is 3. The molecule has 0 aliphatic heterocycles. The van der Waals surface area contributed by atoms with Crippen LogP contribution in [0, 0.1) is 5.92 Å². The zero-order valence-electron chi connectivity index (χ0n) is 7.04. The first kappa shape index (κ1) is 12.6. The summed E-state index contributed by atoms with van der Waals surface area (Å²) in [6.45, 7) is -0.360. The Bertz CT molecular complexity index is 245. The standard InChI is InChI=1S/C7H8F3NO3/c8-7(9,10)5(3-6(13)14)1-2-11-4-12/h5H,1-3H2,(H,13,14). The summed E-state index contributed by atoms with van der Waals surface area (Å²) in [6, 6.07) is 0. The molecule has 0 rings (SSSR count). The Labute approximate surface area is 77.4 Å². The van der Waals surface area contributed by atoms with Crippen LogP contribution in [-0.4, -0.2) is 29.9 Å². The third kappa shape index (κ3) is 5.31. The largest absolute Gasteiger partial charge is 0.481 e. The number of carbonyl (C=O) groups is 1. The van der Waals surface area contributed by atoms with Crippen LogP contribution in [0.2, 0.25) is 0 Å². The van der Waals surface area contributed by atoms with Gasteiger partial charge in [-0.25, -0.2) is 9.79 Å². The van der Waals surface area contributed by atoms with Gasteiger partial charge in [0.05, 0.1) is 18.9 Å². The Kier molecular flexibility index (Phi) is 4.86. The second-order valence-corrected chi connectivity index (χ2v) is 2.60. The van der Waals surface area contributed by atoms with Gasteiger partial charge in [0.25, 0.3) is 0 Å². The first-order valence-electron chi connectivity index (χ1n) is 3.70. The van der Waals surface area contributed by atoms with E-state index in [0.717, 1.165) is 6.08 Å². The number of isocyanates is 1. The second kappa shape index (κ2) is 5.39. The van der Waals surface area contributed by atoms with Crippen molar-refractivity contribution in [2.45, 2.75) is 19.0 Å². The number of nitrogens with zero attached hydrogens (tertiary/aromatic N) is 1. The Hall–Kier alpha value is -1.36. The first-order chi connectivity index (χ1) is 6.38. The molecule has 0 heterocycles. The Balaban J connectivity index is 4.25. The van der Waals surface area contributed by atoms with Crippen molar-refractivity contribution in [3.05, 3.63) is 0 Å². The highest BCUT2D eigenvalue weighted by atomic mass is 19.4. The molecule has 14 heavy (non-hydrogen) atoms. The van der Waals surface area contributed by atoms with E-state index >= 15 is 0 Å². The molecule has 0 bridgehead atoms. The van der Waals surface area contributed by atoms with Gasteiger partial charge >= 0.3 is 12.1 Å². The number of aliphatic imine (C=N–C) groups is 1. The van der Waals surface area contributed by atoms with Crippen molar-refractivity contribution >= 4 is 12.0 Å². The van der Waals surface area contributed by atoms with Crippen LogP contribution in [0.3, 0.4) is 0 Å². The number of carboxylic acid groups (broad SMARTS) is 1. The van der Waals surface area contributed by atoms with Gasteiger partial charge in [-0.3, -0.25) is 4.79 Å². The average Bonchev–Trinajstić information content (AvgIpc) is 2.00. The molecule has 1 atom stereocenters. The van der Waals surface area contributed by atoms with E-state index in [1.807, 2.05) is 0 Å². The molecule has 0 aliphatic rings. The highest BCUT2D eigenvalue weighted by Gasteiger charge is 2.40. The maximum absolute atomic E-state index is 12.1. The molecule has 0 fully saturated rings. The van der Waals surface area contributed by atoms with Crippen LogP contribution < -0.4 is 0 Å². The van der Waals surface area contributed by atoms with Gasteiger partial charge in [0.1, 0.15) is 0 Å².